The number of nitrogens with one attached hydrogen (secondary N) is 2. The molecule has 7 nitrogen and oxygen atoms in total. The van der Waals surface area contributed by atoms with Crippen molar-refractivity contribution >= 4 is 39.1 Å². The maximum absolute atomic E-state index is 12.5. The van der Waals surface area contributed by atoms with E-state index in [-0.39, 0.29) is 11.7 Å². The van der Waals surface area contributed by atoms with Gasteiger partial charge in [0.2, 0.25) is 5.13 Å². The quantitative estimate of drug-likeness (QED) is 0.385. The van der Waals surface area contributed by atoms with Crippen molar-refractivity contribution in [2.24, 2.45) is 0 Å². The van der Waals surface area contributed by atoms with E-state index in [1.165, 1.54) is 6.20 Å². The van der Waals surface area contributed by atoms with E-state index in [9.17, 15) is 9.59 Å². The third-order valence-corrected chi connectivity index (χ3v) is 4.89. The number of para-hydroxylation sites is 1. The van der Waals surface area contributed by atoms with Crippen LogP contribution in [0.1, 0.15) is 20.9 Å². The minimum absolute atomic E-state index is 0.230. The van der Waals surface area contributed by atoms with E-state index in [4.69, 9.17) is 4.74 Å². The van der Waals surface area contributed by atoms with Gasteiger partial charge in [0.05, 0.1) is 5.56 Å². The van der Waals surface area contributed by atoms with Gasteiger partial charge in [-0.2, -0.15) is 0 Å². The molecule has 0 aliphatic heterocycles. The standard InChI is InChI=1S/C20H16N4O3S/c1-12-5-4-6-13(9-12)27-11-17-23-24-20(28-17)22-19(26)18(25)15-10-21-16-8-3-2-7-14(15)16/h2-10,21H,11H2,1H3,(H,22,24,26). The number of carbonyl (C=O) groups excluding carboxylic acids is 2. The Morgan fingerprint density at radius 2 is 2.00 bits per heavy atom. The van der Waals surface area contributed by atoms with Gasteiger partial charge < -0.3 is 9.72 Å². The van der Waals surface area contributed by atoms with Gasteiger partial charge in [-0.15, -0.1) is 10.2 Å². The molecule has 0 fully saturated rings. The van der Waals surface area contributed by atoms with Crippen LogP contribution >= 0.6 is 11.3 Å². The second-order valence-corrected chi connectivity index (χ2v) is 7.20. The average molecular weight is 392 g/mol. The molecule has 8 heteroatoms. The lowest BCUT2D eigenvalue weighted by atomic mass is 10.1. The summed E-state index contributed by atoms with van der Waals surface area (Å²) in [6.07, 6.45) is 1.54. The highest BCUT2D eigenvalue weighted by Gasteiger charge is 2.21. The molecule has 28 heavy (non-hydrogen) atoms. The highest BCUT2D eigenvalue weighted by atomic mass is 32.1. The summed E-state index contributed by atoms with van der Waals surface area (Å²) in [5, 5.41) is 12.0. The Hall–Kier alpha value is -3.52. The largest absolute Gasteiger partial charge is 0.486 e. The predicted octanol–water partition coefficient (Wildman–Crippen LogP) is 3.73. The van der Waals surface area contributed by atoms with Gasteiger partial charge in [-0.3, -0.25) is 14.9 Å². The van der Waals surface area contributed by atoms with Crippen LogP contribution in [0.5, 0.6) is 5.75 Å². The maximum Gasteiger partial charge on any atom is 0.298 e. The predicted molar refractivity (Wildman–Crippen MR) is 107 cm³/mol. The number of anilines is 1. The lowest BCUT2D eigenvalue weighted by Gasteiger charge is -2.03. The molecule has 1 amide bonds. The topological polar surface area (TPSA) is 97.0 Å². The molecule has 0 aliphatic rings. The summed E-state index contributed by atoms with van der Waals surface area (Å²) in [6, 6.07) is 15.0. The minimum atomic E-state index is -0.757. The monoisotopic (exact) mass is 392 g/mol. The maximum atomic E-state index is 12.5. The van der Waals surface area contributed by atoms with Crippen LogP contribution in [0.25, 0.3) is 10.9 Å². The Kier molecular flexibility index (Phi) is 4.86. The number of nitrogens with zero attached hydrogens (tertiary/aromatic N) is 2. The fraction of sp³-hybridized carbons (Fsp3) is 0.100. The van der Waals surface area contributed by atoms with E-state index in [0.717, 1.165) is 28.2 Å². The number of amides is 1. The summed E-state index contributed by atoms with van der Waals surface area (Å²) >= 11 is 1.16. The van der Waals surface area contributed by atoms with E-state index in [0.29, 0.717) is 16.0 Å². The van der Waals surface area contributed by atoms with Gasteiger partial charge in [0, 0.05) is 17.1 Å². The number of ketones is 1. The molecule has 0 bridgehead atoms. The number of fused-ring (bicyclic) bond motifs is 1. The van der Waals surface area contributed by atoms with Gasteiger partial charge in [-0.25, -0.2) is 0 Å². The number of hydrogen-bond acceptors (Lipinski definition) is 6. The van der Waals surface area contributed by atoms with E-state index in [1.807, 2.05) is 49.4 Å². The van der Waals surface area contributed by atoms with Crippen molar-refractivity contribution in [3.05, 3.63) is 70.9 Å². The van der Waals surface area contributed by atoms with Crippen LogP contribution in [0.4, 0.5) is 5.13 Å². The summed E-state index contributed by atoms with van der Waals surface area (Å²) in [5.74, 6) is -0.660. The van der Waals surface area contributed by atoms with Gasteiger partial charge in [0.1, 0.15) is 12.4 Å². The number of benzene rings is 2. The molecule has 0 unspecified atom stereocenters. The van der Waals surface area contributed by atoms with E-state index in [2.05, 4.69) is 20.5 Å². The van der Waals surface area contributed by atoms with Gasteiger partial charge in [0.25, 0.3) is 11.7 Å². The Labute approximate surface area is 164 Å². The molecular formula is C20H16N4O3S. The first-order valence-corrected chi connectivity index (χ1v) is 9.35. The Balaban J connectivity index is 1.40. The Bertz CT molecular complexity index is 1160. The molecule has 0 atom stereocenters. The average Bonchev–Trinajstić information content (AvgIpc) is 3.32. The summed E-state index contributed by atoms with van der Waals surface area (Å²) < 4.78 is 5.67. The zero-order valence-electron chi connectivity index (χ0n) is 14.9. The molecule has 2 N–H and O–H groups in total. The lowest BCUT2D eigenvalue weighted by molar-refractivity contribution is -0.112. The second kappa shape index (κ2) is 7.61. The number of Topliss-reactive ketones (excluding diaryl/α,β-unsaturated/α-hetero) is 1. The molecule has 4 aromatic rings. The van der Waals surface area contributed by atoms with Crippen molar-refractivity contribution in [3.63, 3.8) is 0 Å². The van der Waals surface area contributed by atoms with Crippen molar-refractivity contribution in [3.8, 4) is 5.75 Å². The van der Waals surface area contributed by atoms with E-state index in [1.54, 1.807) is 6.07 Å². The summed E-state index contributed by atoms with van der Waals surface area (Å²) in [4.78, 5) is 27.8. The number of ether oxygens (including phenoxy) is 1. The summed E-state index contributed by atoms with van der Waals surface area (Å²) in [5.41, 5.74) is 2.21. The highest BCUT2D eigenvalue weighted by molar-refractivity contribution is 7.15. The minimum Gasteiger partial charge on any atom is -0.486 e. The first kappa shape index (κ1) is 17.9. The van der Waals surface area contributed by atoms with Crippen LogP contribution in [0.2, 0.25) is 0 Å². The fourth-order valence-corrected chi connectivity index (χ4v) is 3.40. The molecule has 0 radical (unpaired) electrons. The van der Waals surface area contributed by atoms with Crippen LogP contribution in [-0.4, -0.2) is 26.9 Å². The first-order valence-electron chi connectivity index (χ1n) is 8.54. The normalized spacial score (nSPS) is 10.8. The molecule has 0 saturated carbocycles. The number of H-pyrrole nitrogens is 1. The number of rotatable bonds is 6. The third-order valence-electron chi connectivity index (χ3n) is 4.08. The molecule has 0 aliphatic carbocycles. The zero-order valence-corrected chi connectivity index (χ0v) is 15.7. The van der Waals surface area contributed by atoms with Gasteiger partial charge >= 0.3 is 0 Å². The lowest BCUT2D eigenvalue weighted by Crippen LogP contribution is -2.22. The van der Waals surface area contributed by atoms with Crippen LogP contribution in [0, 0.1) is 6.92 Å². The van der Waals surface area contributed by atoms with Crippen LogP contribution in [0.15, 0.2) is 54.7 Å². The van der Waals surface area contributed by atoms with Crippen molar-refractivity contribution in [2.45, 2.75) is 13.5 Å². The molecule has 140 valence electrons. The summed E-state index contributed by atoms with van der Waals surface area (Å²) in [6.45, 7) is 2.21. The number of aryl methyl sites for hydroxylation is 1. The molecule has 2 aromatic carbocycles. The van der Waals surface area contributed by atoms with Crippen LogP contribution in [-0.2, 0) is 11.4 Å². The number of hydrogen-bond donors (Lipinski definition) is 2. The number of aromatic amines is 1. The van der Waals surface area contributed by atoms with Crippen molar-refractivity contribution < 1.29 is 14.3 Å². The molecule has 2 aromatic heterocycles. The van der Waals surface area contributed by atoms with E-state index < -0.39 is 11.7 Å². The number of aromatic nitrogens is 3. The fourth-order valence-electron chi connectivity index (χ4n) is 2.75. The van der Waals surface area contributed by atoms with Crippen molar-refractivity contribution in [2.75, 3.05) is 5.32 Å². The first-order chi connectivity index (χ1) is 13.6. The van der Waals surface area contributed by atoms with Crippen LogP contribution < -0.4 is 10.1 Å². The molecule has 2 heterocycles. The smallest absolute Gasteiger partial charge is 0.298 e. The molecular weight excluding hydrogens is 376 g/mol. The van der Waals surface area contributed by atoms with Gasteiger partial charge in [-0.1, -0.05) is 41.7 Å². The Morgan fingerprint density at radius 1 is 1.14 bits per heavy atom. The zero-order chi connectivity index (χ0) is 19.5. The van der Waals surface area contributed by atoms with Crippen LogP contribution in [0.3, 0.4) is 0 Å². The van der Waals surface area contributed by atoms with E-state index >= 15 is 0 Å². The third kappa shape index (κ3) is 3.77. The van der Waals surface area contributed by atoms with Gasteiger partial charge in [-0.05, 0) is 30.7 Å². The van der Waals surface area contributed by atoms with Gasteiger partial charge in [0.15, 0.2) is 5.01 Å². The Morgan fingerprint density at radius 3 is 2.86 bits per heavy atom. The van der Waals surface area contributed by atoms with Crippen molar-refractivity contribution in [1.29, 1.82) is 0 Å². The number of carbonyl (C=O) groups is 2. The molecule has 0 saturated heterocycles. The SMILES string of the molecule is Cc1cccc(OCc2nnc(NC(=O)C(=O)c3c[nH]c4ccccc34)s2)c1. The summed E-state index contributed by atoms with van der Waals surface area (Å²) in [7, 11) is 0. The second-order valence-electron chi connectivity index (χ2n) is 6.14. The molecule has 4 rings (SSSR count). The van der Waals surface area contributed by atoms with Crippen molar-refractivity contribution in [1.82, 2.24) is 15.2 Å². The highest BCUT2D eigenvalue weighted by Crippen LogP contribution is 2.21. The molecule has 0 spiro atoms.